The quantitative estimate of drug-likeness (QED) is 0.0343. The van der Waals surface area contributed by atoms with Crippen molar-refractivity contribution in [2.24, 2.45) is 17.8 Å². The summed E-state index contributed by atoms with van der Waals surface area (Å²) < 4.78 is 17.1. The van der Waals surface area contributed by atoms with E-state index in [9.17, 15) is 14.4 Å². The van der Waals surface area contributed by atoms with Crippen LogP contribution in [0.25, 0.3) is 0 Å². The van der Waals surface area contributed by atoms with Gasteiger partial charge in [-0.2, -0.15) is 0 Å². The van der Waals surface area contributed by atoms with Crippen molar-refractivity contribution in [3.63, 3.8) is 0 Å². The number of esters is 3. The summed E-state index contributed by atoms with van der Waals surface area (Å²) in [7, 11) is 0. The largest absolute Gasteiger partial charge is 0.462 e. The zero-order valence-corrected chi connectivity index (χ0v) is 55.4. The van der Waals surface area contributed by atoms with E-state index < -0.39 is 6.10 Å². The van der Waals surface area contributed by atoms with Gasteiger partial charge >= 0.3 is 17.9 Å². The minimum absolute atomic E-state index is 0.0616. The first-order chi connectivity index (χ1) is 39.2. The number of carbonyl (C=O) groups excluding carboxylic acids is 3. The van der Waals surface area contributed by atoms with E-state index in [1.807, 2.05) is 0 Å². The second-order valence-corrected chi connectivity index (χ2v) is 26.3. The molecule has 6 nitrogen and oxygen atoms in total. The molecule has 0 aliphatic heterocycles. The SMILES string of the molecule is CCC(C)CCCCCCCCCCCCCCCCCCCCC(=O)OC[C@@H](COC(=O)CCCCCCCCCCCCCCCCC(C)CC)OC(=O)CCCCCCCCCCCCCCCCCCCCC(C)CC. The van der Waals surface area contributed by atoms with Crippen LogP contribution in [0.5, 0.6) is 0 Å². The van der Waals surface area contributed by atoms with Gasteiger partial charge in [-0.15, -0.1) is 0 Å². The van der Waals surface area contributed by atoms with E-state index in [0.29, 0.717) is 19.3 Å². The van der Waals surface area contributed by atoms with E-state index in [4.69, 9.17) is 14.2 Å². The third-order valence-corrected chi connectivity index (χ3v) is 18.2. The molecule has 0 heterocycles. The number of hydrogen-bond donors (Lipinski definition) is 0. The highest BCUT2D eigenvalue weighted by Crippen LogP contribution is 2.21. The number of hydrogen-bond acceptors (Lipinski definition) is 6. The molecule has 0 aliphatic rings. The monoisotopic (exact) mass is 1130 g/mol. The summed E-state index contributed by atoms with van der Waals surface area (Å²) in [5.41, 5.74) is 0. The lowest BCUT2D eigenvalue weighted by Crippen LogP contribution is -2.30. The molecule has 80 heavy (non-hydrogen) atoms. The molecular formula is C74H144O6. The molecule has 3 unspecified atom stereocenters. The van der Waals surface area contributed by atoms with E-state index >= 15 is 0 Å². The van der Waals surface area contributed by atoms with Gasteiger partial charge in [-0.05, 0) is 37.0 Å². The Morgan fingerprint density at radius 1 is 0.237 bits per heavy atom. The fourth-order valence-electron chi connectivity index (χ4n) is 11.6. The van der Waals surface area contributed by atoms with Crippen molar-refractivity contribution >= 4 is 17.9 Å². The zero-order chi connectivity index (χ0) is 58.3. The minimum atomic E-state index is -0.766. The molecule has 0 saturated heterocycles. The van der Waals surface area contributed by atoms with Crippen LogP contribution in [0.3, 0.4) is 0 Å². The number of carbonyl (C=O) groups is 3. The second-order valence-electron chi connectivity index (χ2n) is 26.3. The Kier molecular flexibility index (Phi) is 63.7. The van der Waals surface area contributed by atoms with Crippen molar-refractivity contribution in [3.8, 4) is 0 Å². The van der Waals surface area contributed by atoms with E-state index in [2.05, 4.69) is 41.5 Å². The molecule has 0 spiro atoms. The number of ether oxygens (including phenoxy) is 3. The summed E-state index contributed by atoms with van der Waals surface area (Å²) in [5.74, 6) is 1.89. The Bertz CT molecular complexity index is 1250. The van der Waals surface area contributed by atoms with Crippen molar-refractivity contribution in [2.45, 2.75) is 426 Å². The normalized spacial score (nSPS) is 13.1. The average Bonchev–Trinajstić information content (AvgIpc) is 3.46. The minimum Gasteiger partial charge on any atom is -0.462 e. The molecule has 0 rings (SSSR count). The van der Waals surface area contributed by atoms with Crippen molar-refractivity contribution in [1.82, 2.24) is 0 Å². The summed E-state index contributed by atoms with van der Waals surface area (Å²) >= 11 is 0. The van der Waals surface area contributed by atoms with Gasteiger partial charge in [0.2, 0.25) is 0 Å². The Balaban J connectivity index is 4.28. The van der Waals surface area contributed by atoms with Crippen LogP contribution >= 0.6 is 0 Å². The molecule has 0 saturated carbocycles. The fraction of sp³-hybridized carbons (Fsp3) is 0.959. The summed E-state index contributed by atoms with van der Waals surface area (Å²) in [5, 5.41) is 0. The van der Waals surface area contributed by atoms with Gasteiger partial charge in [0.25, 0.3) is 0 Å². The summed E-state index contributed by atoms with van der Waals surface area (Å²) in [4.78, 5) is 38.5. The van der Waals surface area contributed by atoms with Crippen LogP contribution in [0.15, 0.2) is 0 Å². The Morgan fingerprint density at radius 2 is 0.400 bits per heavy atom. The Labute approximate surface area is 501 Å². The lowest BCUT2D eigenvalue weighted by molar-refractivity contribution is -0.167. The third kappa shape index (κ3) is 62.5. The van der Waals surface area contributed by atoms with E-state index in [1.54, 1.807) is 0 Å². The molecule has 476 valence electrons. The van der Waals surface area contributed by atoms with Crippen molar-refractivity contribution in [3.05, 3.63) is 0 Å². The first kappa shape index (κ1) is 78.4. The molecule has 0 N–H and O–H groups in total. The molecule has 0 aromatic carbocycles. The van der Waals surface area contributed by atoms with Gasteiger partial charge in [-0.1, -0.05) is 382 Å². The smallest absolute Gasteiger partial charge is 0.306 e. The summed E-state index contributed by atoms with van der Waals surface area (Å²) in [6.45, 7) is 14.0. The van der Waals surface area contributed by atoms with Crippen molar-refractivity contribution < 1.29 is 28.6 Å². The van der Waals surface area contributed by atoms with Gasteiger partial charge < -0.3 is 14.2 Å². The summed E-state index contributed by atoms with van der Waals surface area (Å²) in [6.07, 6.45) is 73.9. The second kappa shape index (κ2) is 65.0. The lowest BCUT2D eigenvalue weighted by atomic mass is 9.99. The predicted molar refractivity (Wildman–Crippen MR) is 349 cm³/mol. The number of rotatable bonds is 67. The van der Waals surface area contributed by atoms with Crippen LogP contribution in [0.1, 0.15) is 420 Å². The molecule has 4 atom stereocenters. The third-order valence-electron chi connectivity index (χ3n) is 18.2. The van der Waals surface area contributed by atoms with Gasteiger partial charge in [0.1, 0.15) is 13.2 Å². The first-order valence-corrected chi connectivity index (χ1v) is 36.7. The molecule has 6 heteroatoms. The Hall–Kier alpha value is -1.59. The average molecular weight is 1130 g/mol. The fourth-order valence-corrected chi connectivity index (χ4v) is 11.6. The highest BCUT2D eigenvalue weighted by Gasteiger charge is 2.20. The van der Waals surface area contributed by atoms with Crippen LogP contribution in [-0.2, 0) is 28.6 Å². The lowest BCUT2D eigenvalue weighted by Gasteiger charge is -2.18. The van der Waals surface area contributed by atoms with Crippen LogP contribution in [0.4, 0.5) is 0 Å². The topological polar surface area (TPSA) is 78.9 Å². The molecule has 0 amide bonds. The molecular weight excluding hydrogens is 985 g/mol. The van der Waals surface area contributed by atoms with E-state index in [0.717, 1.165) is 75.5 Å². The zero-order valence-electron chi connectivity index (χ0n) is 55.4. The highest BCUT2D eigenvalue weighted by molar-refractivity contribution is 5.71. The maximum absolute atomic E-state index is 13.0. The van der Waals surface area contributed by atoms with Gasteiger partial charge in [0.15, 0.2) is 6.10 Å². The Morgan fingerprint density at radius 3 is 0.588 bits per heavy atom. The van der Waals surface area contributed by atoms with Gasteiger partial charge in [-0.3, -0.25) is 14.4 Å². The molecule has 0 aromatic heterocycles. The summed E-state index contributed by atoms with van der Waals surface area (Å²) in [6, 6.07) is 0. The van der Waals surface area contributed by atoms with Gasteiger partial charge in [-0.25, -0.2) is 0 Å². The molecule has 0 fully saturated rings. The van der Waals surface area contributed by atoms with Gasteiger partial charge in [0, 0.05) is 19.3 Å². The van der Waals surface area contributed by atoms with Crippen LogP contribution < -0.4 is 0 Å². The molecule has 0 aliphatic carbocycles. The van der Waals surface area contributed by atoms with E-state index in [-0.39, 0.29) is 31.1 Å². The highest BCUT2D eigenvalue weighted by atomic mass is 16.6. The van der Waals surface area contributed by atoms with Crippen molar-refractivity contribution in [2.75, 3.05) is 13.2 Å². The first-order valence-electron chi connectivity index (χ1n) is 36.7. The van der Waals surface area contributed by atoms with Crippen LogP contribution in [0, 0.1) is 17.8 Å². The van der Waals surface area contributed by atoms with Crippen LogP contribution in [-0.4, -0.2) is 37.2 Å². The molecule has 0 aromatic rings. The van der Waals surface area contributed by atoms with E-state index in [1.165, 1.54) is 302 Å². The standard InChI is InChI=1S/C74H144O6/c1-7-68(4)60-54-48-42-36-30-24-18-14-10-12-16-20-27-33-39-45-51-57-63-72(75)78-66-71(67-79-73(76)64-58-52-46-40-34-28-23-22-26-32-38-44-50-56-62-70(6)9-3)80-74(77)65-59-53-47-41-35-29-21-17-13-11-15-19-25-31-37-43-49-55-61-69(5)8-2/h68-71H,7-67H2,1-6H3/t68?,69?,70?,71-/m0/s1. The molecule has 0 radical (unpaired) electrons. The maximum atomic E-state index is 13.0. The predicted octanol–water partition coefficient (Wildman–Crippen LogP) is 25.0. The number of unbranched alkanes of at least 4 members (excludes halogenated alkanes) is 47. The molecule has 0 bridgehead atoms. The maximum Gasteiger partial charge on any atom is 0.306 e. The van der Waals surface area contributed by atoms with Crippen LogP contribution in [0.2, 0.25) is 0 Å². The van der Waals surface area contributed by atoms with Crippen molar-refractivity contribution in [1.29, 1.82) is 0 Å². The van der Waals surface area contributed by atoms with Gasteiger partial charge in [0.05, 0.1) is 0 Å².